The van der Waals surface area contributed by atoms with Crippen LogP contribution in [0.25, 0.3) is 11.4 Å². The number of para-hydroxylation sites is 1. The van der Waals surface area contributed by atoms with E-state index in [1.54, 1.807) is 13.2 Å². The van der Waals surface area contributed by atoms with E-state index in [2.05, 4.69) is 29.0 Å². The van der Waals surface area contributed by atoms with Gasteiger partial charge in [0.05, 0.1) is 17.9 Å². The summed E-state index contributed by atoms with van der Waals surface area (Å²) in [5, 5.41) is 12.0. The van der Waals surface area contributed by atoms with Crippen molar-refractivity contribution in [2.45, 2.75) is 37.2 Å². The van der Waals surface area contributed by atoms with Crippen LogP contribution in [0, 0.1) is 0 Å². The lowest BCUT2D eigenvalue weighted by molar-refractivity contribution is -0.115. The maximum Gasteiger partial charge on any atom is 0.237 e. The van der Waals surface area contributed by atoms with E-state index in [-0.39, 0.29) is 11.2 Å². The Bertz CT molecular complexity index is 1010. The third kappa shape index (κ3) is 4.91. The van der Waals surface area contributed by atoms with E-state index >= 15 is 0 Å². The van der Waals surface area contributed by atoms with E-state index < -0.39 is 0 Å². The quantitative estimate of drug-likeness (QED) is 0.395. The highest BCUT2D eigenvalue weighted by molar-refractivity contribution is 8.00. The summed E-state index contributed by atoms with van der Waals surface area (Å²) < 4.78 is 7.41. The molecule has 0 aliphatic rings. The van der Waals surface area contributed by atoms with E-state index in [0.29, 0.717) is 23.3 Å². The van der Waals surface area contributed by atoms with Gasteiger partial charge in [-0.3, -0.25) is 9.36 Å². The minimum Gasteiger partial charge on any atom is -0.496 e. The molecule has 7 heteroatoms. The average molecular weight is 423 g/mol. The SMILES string of the molecule is C=CCn1c(SC(C)C(=O)Nc2ccc(CC)cc2)nnc1-c1ccccc1OC. The first-order chi connectivity index (χ1) is 14.6. The van der Waals surface area contributed by atoms with Crippen molar-refractivity contribution >= 4 is 23.4 Å². The number of hydrogen-bond donors (Lipinski definition) is 1. The molecule has 1 atom stereocenters. The fourth-order valence-corrected chi connectivity index (χ4v) is 3.84. The van der Waals surface area contributed by atoms with Gasteiger partial charge in [-0.05, 0) is 43.2 Å². The normalized spacial score (nSPS) is 11.7. The number of allylic oxidation sites excluding steroid dienone is 1. The molecule has 1 aromatic heterocycles. The molecule has 0 saturated carbocycles. The molecule has 0 spiro atoms. The number of carbonyl (C=O) groups is 1. The molecule has 0 bridgehead atoms. The predicted molar refractivity (Wildman–Crippen MR) is 122 cm³/mol. The van der Waals surface area contributed by atoms with Gasteiger partial charge >= 0.3 is 0 Å². The summed E-state index contributed by atoms with van der Waals surface area (Å²) in [7, 11) is 1.63. The lowest BCUT2D eigenvalue weighted by Gasteiger charge is -2.14. The molecule has 156 valence electrons. The molecule has 1 N–H and O–H groups in total. The number of hydrogen-bond acceptors (Lipinski definition) is 5. The number of aromatic nitrogens is 3. The van der Waals surface area contributed by atoms with Gasteiger partial charge in [-0.1, -0.05) is 49.0 Å². The number of rotatable bonds is 9. The second-order valence-electron chi connectivity index (χ2n) is 6.71. The monoisotopic (exact) mass is 422 g/mol. The number of amides is 1. The van der Waals surface area contributed by atoms with Crippen molar-refractivity contribution in [1.29, 1.82) is 0 Å². The molecule has 1 heterocycles. The van der Waals surface area contributed by atoms with Crippen molar-refractivity contribution in [2.75, 3.05) is 12.4 Å². The highest BCUT2D eigenvalue weighted by Crippen LogP contribution is 2.32. The second-order valence-corrected chi connectivity index (χ2v) is 8.01. The van der Waals surface area contributed by atoms with Crippen LogP contribution in [0.15, 0.2) is 66.3 Å². The molecule has 0 aliphatic heterocycles. The summed E-state index contributed by atoms with van der Waals surface area (Å²) in [6.07, 6.45) is 2.75. The average Bonchev–Trinajstić information content (AvgIpc) is 3.16. The maximum absolute atomic E-state index is 12.7. The number of nitrogens with zero attached hydrogens (tertiary/aromatic N) is 3. The summed E-state index contributed by atoms with van der Waals surface area (Å²) in [6.45, 7) is 8.32. The van der Waals surface area contributed by atoms with Crippen molar-refractivity contribution in [3.05, 3.63) is 66.7 Å². The zero-order valence-electron chi connectivity index (χ0n) is 17.5. The van der Waals surface area contributed by atoms with E-state index in [1.165, 1.54) is 17.3 Å². The maximum atomic E-state index is 12.7. The van der Waals surface area contributed by atoms with Gasteiger partial charge in [-0.2, -0.15) is 0 Å². The van der Waals surface area contributed by atoms with Crippen molar-refractivity contribution in [1.82, 2.24) is 14.8 Å². The van der Waals surface area contributed by atoms with E-state index in [4.69, 9.17) is 4.74 Å². The van der Waals surface area contributed by atoms with E-state index in [0.717, 1.165) is 17.7 Å². The Hall–Kier alpha value is -3.06. The van der Waals surface area contributed by atoms with Crippen LogP contribution in [0.5, 0.6) is 5.75 Å². The third-order valence-electron chi connectivity index (χ3n) is 4.66. The zero-order chi connectivity index (χ0) is 21.5. The standard InChI is InChI=1S/C23H26N4O2S/c1-5-15-27-21(19-9-7-8-10-20(19)29-4)25-26-23(27)30-16(3)22(28)24-18-13-11-17(6-2)12-14-18/h5,7-14,16H,1,6,15H2,2-4H3,(H,24,28). The van der Waals surface area contributed by atoms with Crippen LogP contribution in [0.1, 0.15) is 19.4 Å². The highest BCUT2D eigenvalue weighted by atomic mass is 32.2. The molecule has 0 saturated heterocycles. The molecule has 3 aromatic rings. The molecule has 0 aliphatic carbocycles. The number of thioether (sulfide) groups is 1. The molecule has 3 rings (SSSR count). The minimum absolute atomic E-state index is 0.0868. The van der Waals surface area contributed by atoms with Crippen LogP contribution in [-0.2, 0) is 17.8 Å². The molecular weight excluding hydrogens is 396 g/mol. The first-order valence-corrected chi connectivity index (χ1v) is 10.7. The molecular formula is C23H26N4O2S. The van der Waals surface area contributed by atoms with Gasteiger partial charge in [0.2, 0.25) is 5.91 Å². The number of carbonyl (C=O) groups excluding carboxylic acids is 1. The van der Waals surface area contributed by atoms with Crippen molar-refractivity contribution < 1.29 is 9.53 Å². The van der Waals surface area contributed by atoms with Crippen molar-refractivity contribution in [2.24, 2.45) is 0 Å². The van der Waals surface area contributed by atoms with E-state index in [9.17, 15) is 4.79 Å². The number of aryl methyl sites for hydroxylation is 1. The van der Waals surface area contributed by atoms with E-state index in [1.807, 2.05) is 60.0 Å². The summed E-state index contributed by atoms with van der Waals surface area (Å²) in [4.78, 5) is 12.7. The topological polar surface area (TPSA) is 69.0 Å². The molecule has 0 radical (unpaired) electrons. The first-order valence-electron chi connectivity index (χ1n) is 9.81. The van der Waals surface area contributed by atoms with Crippen LogP contribution in [0.3, 0.4) is 0 Å². The molecule has 1 amide bonds. The number of benzene rings is 2. The second kappa shape index (κ2) is 10.1. The Labute approximate surface area is 181 Å². The number of anilines is 1. The summed E-state index contributed by atoms with van der Waals surface area (Å²) >= 11 is 1.36. The Kier molecular flexibility index (Phi) is 7.30. The fraction of sp³-hybridized carbons (Fsp3) is 0.261. The van der Waals surface area contributed by atoms with Crippen LogP contribution in [-0.4, -0.2) is 33.0 Å². The Morgan fingerprint density at radius 3 is 2.63 bits per heavy atom. The highest BCUT2D eigenvalue weighted by Gasteiger charge is 2.21. The third-order valence-corrected chi connectivity index (χ3v) is 5.74. The molecule has 6 nitrogen and oxygen atoms in total. The fourth-order valence-electron chi connectivity index (χ4n) is 2.98. The van der Waals surface area contributed by atoms with Gasteiger partial charge in [0.1, 0.15) is 5.75 Å². The number of methoxy groups -OCH3 is 1. The van der Waals surface area contributed by atoms with Crippen LogP contribution >= 0.6 is 11.8 Å². The van der Waals surface area contributed by atoms with Crippen LogP contribution in [0.2, 0.25) is 0 Å². The van der Waals surface area contributed by atoms with Gasteiger partial charge in [0.25, 0.3) is 0 Å². The molecule has 1 unspecified atom stereocenters. The smallest absolute Gasteiger partial charge is 0.237 e. The van der Waals surface area contributed by atoms with Crippen molar-refractivity contribution in [3.8, 4) is 17.1 Å². The van der Waals surface area contributed by atoms with Gasteiger partial charge in [-0.15, -0.1) is 16.8 Å². The van der Waals surface area contributed by atoms with Gasteiger partial charge in [0, 0.05) is 12.2 Å². The zero-order valence-corrected chi connectivity index (χ0v) is 18.3. The number of ether oxygens (including phenoxy) is 1. The van der Waals surface area contributed by atoms with Crippen LogP contribution < -0.4 is 10.1 Å². The summed E-state index contributed by atoms with van der Waals surface area (Å²) in [6, 6.07) is 15.6. The van der Waals surface area contributed by atoms with Crippen molar-refractivity contribution in [3.63, 3.8) is 0 Å². The van der Waals surface area contributed by atoms with Gasteiger partial charge in [0.15, 0.2) is 11.0 Å². The Morgan fingerprint density at radius 1 is 1.23 bits per heavy atom. The largest absolute Gasteiger partial charge is 0.496 e. The van der Waals surface area contributed by atoms with Gasteiger partial charge in [-0.25, -0.2) is 0 Å². The Balaban J connectivity index is 1.79. The lowest BCUT2D eigenvalue weighted by atomic mass is 10.1. The van der Waals surface area contributed by atoms with Crippen LogP contribution in [0.4, 0.5) is 5.69 Å². The number of nitrogens with one attached hydrogen (secondary N) is 1. The predicted octanol–water partition coefficient (Wildman–Crippen LogP) is 4.82. The lowest BCUT2D eigenvalue weighted by Crippen LogP contribution is -2.23. The molecule has 2 aromatic carbocycles. The van der Waals surface area contributed by atoms with Gasteiger partial charge < -0.3 is 10.1 Å². The minimum atomic E-state index is -0.353. The molecule has 30 heavy (non-hydrogen) atoms. The summed E-state index contributed by atoms with van der Waals surface area (Å²) in [5.41, 5.74) is 2.86. The first kappa shape index (κ1) is 21.6. The Morgan fingerprint density at radius 2 is 1.97 bits per heavy atom. The summed E-state index contributed by atoms with van der Waals surface area (Å²) in [5.74, 6) is 1.31. The molecule has 0 fully saturated rings.